The van der Waals surface area contributed by atoms with E-state index in [1.165, 1.54) is 4.79 Å². The molecule has 0 bridgehead atoms. The summed E-state index contributed by atoms with van der Waals surface area (Å²) < 4.78 is 0. The lowest BCUT2D eigenvalue weighted by atomic mass is 10.1. The first-order valence-electron chi connectivity index (χ1n) is 9.33. The van der Waals surface area contributed by atoms with Gasteiger partial charge in [0.15, 0.2) is 0 Å². The first kappa shape index (κ1) is 20.8. The number of hydrogen-bond acceptors (Lipinski definition) is 4. The summed E-state index contributed by atoms with van der Waals surface area (Å²) in [5.41, 5.74) is 2.49. The number of hydrogen-bond donors (Lipinski definition) is 0. The average molecular weight is 451 g/mol. The van der Waals surface area contributed by atoms with Crippen LogP contribution in [0.15, 0.2) is 78.9 Å². The average Bonchev–Trinajstić information content (AvgIpc) is 3.16. The molecule has 0 unspecified atom stereocenters. The highest BCUT2D eigenvalue weighted by molar-refractivity contribution is 6.31. The van der Waals surface area contributed by atoms with Crippen molar-refractivity contribution in [2.24, 2.45) is 0 Å². The Balaban J connectivity index is 1.82. The highest BCUT2D eigenvalue weighted by Crippen LogP contribution is 2.22. The number of nitrogens with zero attached hydrogens (tertiary/aromatic N) is 4. The monoisotopic (exact) mass is 450 g/mol. The van der Waals surface area contributed by atoms with Gasteiger partial charge in [0.1, 0.15) is 5.69 Å². The molecule has 4 rings (SSSR count). The molecule has 3 aromatic carbocycles. The molecule has 2 amide bonds. The molecule has 8 heteroatoms. The Bertz CT molecular complexity index is 1180. The van der Waals surface area contributed by atoms with Crippen LogP contribution in [-0.4, -0.2) is 26.9 Å². The molecule has 4 aromatic rings. The first-order chi connectivity index (χ1) is 15.0. The highest BCUT2D eigenvalue weighted by Gasteiger charge is 2.29. The van der Waals surface area contributed by atoms with Crippen LogP contribution in [0.5, 0.6) is 0 Å². The van der Waals surface area contributed by atoms with E-state index >= 15 is 0 Å². The lowest BCUT2D eigenvalue weighted by Gasteiger charge is -2.21. The fraction of sp³-hybridized carbons (Fsp3) is 0.0435. The summed E-state index contributed by atoms with van der Waals surface area (Å²) in [4.78, 5) is 28.0. The fourth-order valence-corrected chi connectivity index (χ4v) is 3.32. The zero-order valence-corrected chi connectivity index (χ0v) is 17.9. The molecule has 0 saturated carbocycles. The van der Waals surface area contributed by atoms with E-state index in [1.807, 2.05) is 30.3 Å². The van der Waals surface area contributed by atoms with Crippen LogP contribution < -0.4 is 5.01 Å². The molecular weight excluding hydrogens is 435 g/mol. The molecule has 0 aliphatic carbocycles. The summed E-state index contributed by atoms with van der Waals surface area (Å²) in [6.45, 7) is 1.75. The number of amides is 2. The van der Waals surface area contributed by atoms with Crippen molar-refractivity contribution in [3.05, 3.63) is 106 Å². The van der Waals surface area contributed by atoms with Gasteiger partial charge in [-0.15, -0.1) is 9.89 Å². The lowest BCUT2D eigenvalue weighted by Crippen LogP contribution is -2.46. The molecule has 0 radical (unpaired) electrons. The number of imide groups is 1. The number of rotatable bonds is 4. The van der Waals surface area contributed by atoms with Gasteiger partial charge in [0, 0.05) is 26.7 Å². The van der Waals surface area contributed by atoms with Crippen LogP contribution in [0.4, 0.5) is 0 Å². The van der Waals surface area contributed by atoms with Crippen LogP contribution >= 0.6 is 23.2 Å². The van der Waals surface area contributed by atoms with E-state index in [2.05, 4.69) is 10.3 Å². The Labute approximate surface area is 188 Å². The molecule has 0 spiro atoms. The summed E-state index contributed by atoms with van der Waals surface area (Å²) in [6.07, 6.45) is 0. The molecule has 0 N–H and O–H groups in total. The molecule has 0 fully saturated rings. The Morgan fingerprint density at radius 1 is 0.774 bits per heavy atom. The van der Waals surface area contributed by atoms with Gasteiger partial charge in [-0.3, -0.25) is 9.59 Å². The number of benzene rings is 3. The summed E-state index contributed by atoms with van der Waals surface area (Å²) in [5, 5.41) is 10.3. The van der Waals surface area contributed by atoms with Gasteiger partial charge in [-0.05, 0) is 60.7 Å². The van der Waals surface area contributed by atoms with E-state index in [1.54, 1.807) is 55.5 Å². The smallest absolute Gasteiger partial charge is 0.267 e. The SMILES string of the molecule is Cc1c(-c2ccccc2)nnn1N(C(=O)c1ccc(Cl)cc1)C(=O)c1ccc(Cl)cc1. The van der Waals surface area contributed by atoms with Crippen LogP contribution in [0.3, 0.4) is 0 Å². The lowest BCUT2D eigenvalue weighted by molar-refractivity contribution is 0.0846. The highest BCUT2D eigenvalue weighted by atomic mass is 35.5. The number of carbonyl (C=O) groups is 2. The zero-order chi connectivity index (χ0) is 22.0. The van der Waals surface area contributed by atoms with Crippen molar-refractivity contribution in [2.45, 2.75) is 6.92 Å². The Morgan fingerprint density at radius 2 is 1.26 bits per heavy atom. The van der Waals surface area contributed by atoms with Crippen molar-refractivity contribution in [3.8, 4) is 11.3 Å². The van der Waals surface area contributed by atoms with Crippen LogP contribution in [0.25, 0.3) is 11.3 Å². The molecule has 0 aliphatic heterocycles. The number of halogens is 2. The van der Waals surface area contributed by atoms with Gasteiger partial charge in [-0.25, -0.2) is 0 Å². The summed E-state index contributed by atoms with van der Waals surface area (Å²) in [7, 11) is 0. The fourth-order valence-electron chi connectivity index (χ4n) is 3.07. The van der Waals surface area contributed by atoms with Gasteiger partial charge in [0.2, 0.25) is 0 Å². The van der Waals surface area contributed by atoms with E-state index in [-0.39, 0.29) is 11.1 Å². The Morgan fingerprint density at radius 3 is 1.74 bits per heavy atom. The second-order valence-corrected chi connectivity index (χ2v) is 7.59. The van der Waals surface area contributed by atoms with Crippen molar-refractivity contribution in [2.75, 3.05) is 5.01 Å². The Kier molecular flexibility index (Phi) is 5.84. The van der Waals surface area contributed by atoms with Gasteiger partial charge >= 0.3 is 0 Å². The third kappa shape index (κ3) is 4.21. The molecule has 1 aromatic heterocycles. The summed E-state index contributed by atoms with van der Waals surface area (Å²) in [6, 6.07) is 22.0. The summed E-state index contributed by atoms with van der Waals surface area (Å²) >= 11 is 11.9. The van der Waals surface area contributed by atoms with Crippen molar-refractivity contribution in [1.82, 2.24) is 15.1 Å². The minimum atomic E-state index is -0.566. The van der Waals surface area contributed by atoms with Crippen molar-refractivity contribution >= 4 is 35.0 Å². The van der Waals surface area contributed by atoms with Crippen molar-refractivity contribution < 1.29 is 9.59 Å². The maximum absolute atomic E-state index is 13.4. The summed E-state index contributed by atoms with van der Waals surface area (Å²) in [5.74, 6) is -1.13. The second-order valence-electron chi connectivity index (χ2n) is 6.71. The Hall–Kier alpha value is -3.48. The van der Waals surface area contributed by atoms with Gasteiger partial charge < -0.3 is 0 Å². The predicted molar refractivity (Wildman–Crippen MR) is 120 cm³/mol. The minimum Gasteiger partial charge on any atom is -0.267 e. The molecule has 0 atom stereocenters. The van der Waals surface area contributed by atoms with Crippen molar-refractivity contribution in [1.29, 1.82) is 0 Å². The van der Waals surface area contributed by atoms with Gasteiger partial charge in [0.25, 0.3) is 11.8 Å². The zero-order valence-electron chi connectivity index (χ0n) is 16.4. The predicted octanol–water partition coefficient (Wildman–Crippen LogP) is 5.18. The number of aromatic nitrogens is 3. The van der Waals surface area contributed by atoms with Gasteiger partial charge in [-0.2, -0.15) is 5.01 Å². The van der Waals surface area contributed by atoms with Crippen LogP contribution in [0.2, 0.25) is 10.0 Å². The quantitative estimate of drug-likeness (QED) is 0.401. The van der Waals surface area contributed by atoms with Crippen LogP contribution in [-0.2, 0) is 0 Å². The van der Waals surface area contributed by atoms with Gasteiger partial charge in [-0.1, -0.05) is 53.5 Å². The maximum atomic E-state index is 13.4. The third-order valence-electron chi connectivity index (χ3n) is 4.68. The second kappa shape index (κ2) is 8.71. The van der Waals surface area contributed by atoms with Crippen LogP contribution in [0.1, 0.15) is 26.4 Å². The van der Waals surface area contributed by atoms with E-state index in [4.69, 9.17) is 23.2 Å². The normalized spacial score (nSPS) is 10.7. The molecular formula is C23H16Cl2N4O2. The maximum Gasteiger partial charge on any atom is 0.281 e. The molecule has 0 aliphatic rings. The third-order valence-corrected chi connectivity index (χ3v) is 5.18. The van der Waals surface area contributed by atoms with E-state index in [9.17, 15) is 9.59 Å². The molecule has 31 heavy (non-hydrogen) atoms. The van der Waals surface area contributed by atoms with Crippen molar-refractivity contribution in [3.63, 3.8) is 0 Å². The number of carbonyl (C=O) groups excluding carboxylic acids is 2. The van der Waals surface area contributed by atoms with E-state index in [0.29, 0.717) is 21.4 Å². The minimum absolute atomic E-state index is 0.280. The molecule has 1 heterocycles. The van der Waals surface area contributed by atoms with E-state index in [0.717, 1.165) is 10.6 Å². The molecule has 6 nitrogen and oxygen atoms in total. The largest absolute Gasteiger partial charge is 0.281 e. The van der Waals surface area contributed by atoms with E-state index < -0.39 is 11.8 Å². The first-order valence-corrected chi connectivity index (χ1v) is 10.1. The molecule has 154 valence electrons. The van der Waals surface area contributed by atoms with Crippen LogP contribution in [0, 0.1) is 6.92 Å². The topological polar surface area (TPSA) is 68.1 Å². The molecule has 0 saturated heterocycles. The standard InChI is InChI=1S/C23H16Cl2N4O2/c1-15-21(16-5-3-2-4-6-16)26-27-29(15)28(22(30)17-7-11-19(24)12-8-17)23(31)18-9-13-20(25)14-10-18/h2-14H,1H3. The van der Waals surface area contributed by atoms with Gasteiger partial charge in [0.05, 0.1) is 5.69 Å².